The minimum Gasteiger partial charge on any atom is -0.497 e. The Morgan fingerprint density at radius 2 is 1.93 bits per heavy atom. The second kappa shape index (κ2) is 9.19. The van der Waals surface area contributed by atoms with Gasteiger partial charge in [0.1, 0.15) is 22.1 Å². The normalized spacial score (nSPS) is 11.3. The van der Waals surface area contributed by atoms with Crippen LogP contribution in [0.15, 0.2) is 51.5 Å². The summed E-state index contributed by atoms with van der Waals surface area (Å²) in [5.41, 5.74) is -1.34. The largest absolute Gasteiger partial charge is 0.497 e. The minimum atomic E-state index is -4.83. The van der Waals surface area contributed by atoms with Crippen molar-refractivity contribution >= 4 is 44.6 Å². The molecule has 158 valence electrons. The first kappa shape index (κ1) is 22.6. The number of Topliss-reactive ketones (excluding diaryl/α,β-unsaturated/α-hetero) is 1. The van der Waals surface area contributed by atoms with E-state index in [2.05, 4.69) is 15.5 Å². The zero-order valence-corrected chi connectivity index (χ0v) is 16.5. The molecular formula is C17H16N4O8S. The number of hydrogen-bond donors (Lipinski definition) is 2. The predicted molar refractivity (Wildman–Crippen MR) is 104 cm³/mol. The summed E-state index contributed by atoms with van der Waals surface area (Å²) in [6, 6.07) is 7.18. The topological polar surface area (TPSA) is 178 Å². The summed E-state index contributed by atoms with van der Waals surface area (Å²) in [5.74, 6) is -0.691. The maximum atomic E-state index is 11.9. The van der Waals surface area contributed by atoms with Crippen molar-refractivity contribution in [3.8, 4) is 5.75 Å². The van der Waals surface area contributed by atoms with Gasteiger partial charge in [0.25, 0.3) is 15.8 Å². The molecule has 0 unspecified atom stereocenters. The molecule has 0 aliphatic heterocycles. The van der Waals surface area contributed by atoms with E-state index < -0.39 is 43.6 Å². The minimum absolute atomic E-state index is 0.00728. The first-order valence-corrected chi connectivity index (χ1v) is 9.61. The number of benzene rings is 2. The van der Waals surface area contributed by atoms with Gasteiger partial charge in [0, 0.05) is 12.1 Å². The molecule has 0 atom stereocenters. The van der Waals surface area contributed by atoms with Crippen LogP contribution in [0.25, 0.3) is 0 Å². The lowest BCUT2D eigenvalue weighted by molar-refractivity contribution is -0.384. The van der Waals surface area contributed by atoms with E-state index in [1.54, 1.807) is 0 Å². The molecule has 0 radical (unpaired) electrons. The van der Waals surface area contributed by atoms with E-state index in [9.17, 15) is 32.7 Å². The number of hydrogen-bond acceptors (Lipinski definition) is 9. The molecule has 0 spiro atoms. The summed E-state index contributed by atoms with van der Waals surface area (Å²) < 4.78 is 37.5. The van der Waals surface area contributed by atoms with E-state index in [-0.39, 0.29) is 17.2 Å². The van der Waals surface area contributed by atoms with Crippen molar-refractivity contribution in [2.24, 2.45) is 10.2 Å². The maximum Gasteiger partial charge on any atom is 0.298 e. The van der Waals surface area contributed by atoms with Gasteiger partial charge < -0.3 is 10.1 Å². The molecule has 13 heteroatoms. The molecule has 0 aliphatic rings. The van der Waals surface area contributed by atoms with Crippen LogP contribution in [0.4, 0.5) is 22.7 Å². The third-order valence-electron chi connectivity index (χ3n) is 3.60. The quantitative estimate of drug-likeness (QED) is 0.208. The zero-order valence-electron chi connectivity index (χ0n) is 15.7. The molecule has 1 amide bonds. The fourth-order valence-corrected chi connectivity index (χ4v) is 2.96. The summed E-state index contributed by atoms with van der Waals surface area (Å²) in [7, 11) is -3.45. The third kappa shape index (κ3) is 5.65. The standard InChI is InChI=1S/C17H16N4O8S/c1-10(22)8-16(23)18-13-9-11(29-2)6-7-12(13)19-20-17-14(21(24)25)4-3-5-15(17)30(26,27)28/h3-7,9H,8H2,1-2H3,(H,18,23)(H,26,27,28). The molecule has 30 heavy (non-hydrogen) atoms. The Balaban J connectivity index is 2.56. The van der Waals surface area contributed by atoms with E-state index in [1.807, 2.05) is 0 Å². The number of carbonyl (C=O) groups excluding carboxylic acids is 2. The Morgan fingerprint density at radius 1 is 1.23 bits per heavy atom. The van der Waals surface area contributed by atoms with Gasteiger partial charge in [0.05, 0.1) is 24.1 Å². The molecule has 2 aromatic rings. The molecule has 0 heterocycles. The molecule has 12 nitrogen and oxygen atoms in total. The van der Waals surface area contributed by atoms with Crippen molar-refractivity contribution in [3.63, 3.8) is 0 Å². The smallest absolute Gasteiger partial charge is 0.298 e. The van der Waals surface area contributed by atoms with Crippen molar-refractivity contribution in [2.45, 2.75) is 18.2 Å². The monoisotopic (exact) mass is 436 g/mol. The van der Waals surface area contributed by atoms with Crippen LogP contribution in [0.5, 0.6) is 5.75 Å². The Hall–Kier alpha value is -3.71. The number of ether oxygens (including phenoxy) is 1. The number of carbonyl (C=O) groups is 2. The van der Waals surface area contributed by atoms with Crippen LogP contribution in [0.2, 0.25) is 0 Å². The lowest BCUT2D eigenvalue weighted by Gasteiger charge is -2.09. The summed E-state index contributed by atoms with van der Waals surface area (Å²) in [6.45, 7) is 1.23. The van der Waals surface area contributed by atoms with E-state index in [0.717, 1.165) is 18.2 Å². The highest BCUT2D eigenvalue weighted by Gasteiger charge is 2.25. The van der Waals surface area contributed by atoms with Crippen LogP contribution in [0.3, 0.4) is 0 Å². The van der Waals surface area contributed by atoms with Crippen LogP contribution in [0.1, 0.15) is 13.3 Å². The average molecular weight is 436 g/mol. The van der Waals surface area contributed by atoms with Gasteiger partial charge in [0.2, 0.25) is 5.91 Å². The highest BCUT2D eigenvalue weighted by Crippen LogP contribution is 2.37. The number of anilines is 1. The number of rotatable bonds is 8. The molecule has 0 bridgehead atoms. The van der Waals surface area contributed by atoms with Gasteiger partial charge in [0.15, 0.2) is 5.69 Å². The predicted octanol–water partition coefficient (Wildman–Crippen LogP) is 3.18. The lowest BCUT2D eigenvalue weighted by Crippen LogP contribution is -2.14. The number of ketones is 1. The van der Waals surface area contributed by atoms with Gasteiger partial charge >= 0.3 is 0 Å². The van der Waals surface area contributed by atoms with Gasteiger partial charge in [-0.15, -0.1) is 10.2 Å². The number of nitrogens with zero attached hydrogens (tertiary/aromatic N) is 3. The summed E-state index contributed by atoms with van der Waals surface area (Å²) in [6.07, 6.45) is -0.398. The first-order chi connectivity index (χ1) is 14.0. The Morgan fingerprint density at radius 3 is 2.50 bits per heavy atom. The van der Waals surface area contributed by atoms with E-state index in [1.165, 1.54) is 32.2 Å². The van der Waals surface area contributed by atoms with E-state index in [0.29, 0.717) is 5.75 Å². The van der Waals surface area contributed by atoms with Gasteiger partial charge in [-0.1, -0.05) is 6.07 Å². The highest BCUT2D eigenvalue weighted by atomic mass is 32.2. The number of azo groups is 1. The molecule has 0 saturated heterocycles. The zero-order chi connectivity index (χ0) is 22.5. The third-order valence-corrected chi connectivity index (χ3v) is 4.48. The first-order valence-electron chi connectivity index (χ1n) is 8.17. The van der Waals surface area contributed by atoms with Crippen molar-refractivity contribution in [2.75, 3.05) is 12.4 Å². The van der Waals surface area contributed by atoms with Gasteiger partial charge in [-0.3, -0.25) is 24.3 Å². The van der Waals surface area contributed by atoms with Crippen molar-refractivity contribution in [1.29, 1.82) is 0 Å². The van der Waals surface area contributed by atoms with Crippen LogP contribution in [-0.4, -0.2) is 36.7 Å². The average Bonchev–Trinajstić information content (AvgIpc) is 2.65. The van der Waals surface area contributed by atoms with Crippen molar-refractivity contribution < 1.29 is 32.2 Å². The summed E-state index contributed by atoms with van der Waals surface area (Å²) >= 11 is 0. The SMILES string of the molecule is COc1ccc(N=Nc2c([N+](=O)[O-])cccc2S(=O)(=O)O)c(NC(=O)CC(C)=O)c1. The molecular weight excluding hydrogens is 420 g/mol. The van der Waals surface area contributed by atoms with Crippen LogP contribution < -0.4 is 10.1 Å². The maximum absolute atomic E-state index is 11.9. The van der Waals surface area contributed by atoms with Gasteiger partial charge in [-0.2, -0.15) is 8.42 Å². The molecule has 2 N–H and O–H groups in total. The van der Waals surface area contributed by atoms with Crippen molar-refractivity contribution in [3.05, 3.63) is 46.5 Å². The number of nitrogens with one attached hydrogen (secondary N) is 1. The number of nitro benzene ring substituents is 1. The van der Waals surface area contributed by atoms with Crippen molar-refractivity contribution in [1.82, 2.24) is 0 Å². The summed E-state index contributed by atoms with van der Waals surface area (Å²) in [5, 5.41) is 21.1. The second-order valence-electron chi connectivity index (χ2n) is 5.87. The Bertz CT molecular complexity index is 1140. The highest BCUT2D eigenvalue weighted by molar-refractivity contribution is 7.86. The Kier molecular flexibility index (Phi) is 6.92. The Labute approximate surface area is 170 Å². The lowest BCUT2D eigenvalue weighted by atomic mass is 10.2. The van der Waals surface area contributed by atoms with Gasteiger partial charge in [-0.25, -0.2) is 0 Å². The van der Waals surface area contributed by atoms with Crippen LogP contribution >= 0.6 is 0 Å². The molecule has 2 aromatic carbocycles. The van der Waals surface area contributed by atoms with Crippen LogP contribution in [0, 0.1) is 10.1 Å². The number of methoxy groups -OCH3 is 1. The summed E-state index contributed by atoms with van der Waals surface area (Å²) in [4.78, 5) is 32.6. The molecule has 0 fully saturated rings. The molecule has 0 aromatic heterocycles. The van der Waals surface area contributed by atoms with E-state index >= 15 is 0 Å². The molecule has 0 aliphatic carbocycles. The second-order valence-corrected chi connectivity index (χ2v) is 7.26. The van der Waals surface area contributed by atoms with Crippen LogP contribution in [-0.2, 0) is 19.7 Å². The molecule has 2 rings (SSSR count). The van der Waals surface area contributed by atoms with E-state index in [4.69, 9.17) is 4.74 Å². The van der Waals surface area contributed by atoms with Gasteiger partial charge in [-0.05, 0) is 25.1 Å². The molecule has 0 saturated carbocycles. The number of nitro groups is 1. The fourth-order valence-electron chi connectivity index (χ4n) is 2.32. The number of amides is 1. The fraction of sp³-hybridized carbons (Fsp3) is 0.176.